The summed E-state index contributed by atoms with van der Waals surface area (Å²) in [5.74, 6) is -0.950. The van der Waals surface area contributed by atoms with Gasteiger partial charge in [0, 0.05) is 0 Å². The molecule has 0 unspecified atom stereocenters. The van der Waals surface area contributed by atoms with Crippen LogP contribution in [0.5, 0.6) is 0 Å². The van der Waals surface area contributed by atoms with Gasteiger partial charge in [-0.05, 0) is 35.5 Å². The molecule has 1 heterocycles. The molecule has 0 saturated heterocycles. The highest BCUT2D eigenvalue weighted by Gasteiger charge is 2.02. The largest absolute Gasteiger partial charge is 0.478 e. The van der Waals surface area contributed by atoms with Gasteiger partial charge in [-0.3, -0.25) is 0 Å². The zero-order chi connectivity index (χ0) is 16.2. The van der Waals surface area contributed by atoms with Gasteiger partial charge in [-0.25, -0.2) is 9.47 Å². The number of nitrogens with one attached hydrogen (secondary N) is 1. The number of carbonyl (C=O) groups is 1. The molecule has 2 aromatic carbocycles. The molecule has 0 atom stereocenters. The van der Waals surface area contributed by atoms with Crippen LogP contribution in [0.4, 0.5) is 0 Å². The maximum Gasteiger partial charge on any atom is 0.335 e. The van der Waals surface area contributed by atoms with Gasteiger partial charge >= 0.3 is 5.97 Å². The molecule has 0 spiro atoms. The third-order valence-electron chi connectivity index (χ3n) is 3.27. The van der Waals surface area contributed by atoms with E-state index in [2.05, 4.69) is 10.1 Å². The third kappa shape index (κ3) is 3.44. The molecule has 114 valence electrons. The number of carboxylic acids is 1. The molecule has 6 heteroatoms. The smallest absolute Gasteiger partial charge is 0.335 e. The molecule has 0 amide bonds. The highest BCUT2D eigenvalue weighted by atomic mass is 32.1. The van der Waals surface area contributed by atoms with Gasteiger partial charge in [0.15, 0.2) is 4.77 Å². The second-order valence-corrected chi connectivity index (χ2v) is 5.24. The minimum Gasteiger partial charge on any atom is -0.478 e. The molecular weight excluding hydrogens is 310 g/mol. The minimum absolute atomic E-state index is 0.242. The number of rotatable bonds is 4. The fourth-order valence-electron chi connectivity index (χ4n) is 2.08. The Hall–Kier alpha value is -2.99. The van der Waals surface area contributed by atoms with E-state index < -0.39 is 5.97 Å². The quantitative estimate of drug-likeness (QED) is 0.567. The van der Waals surface area contributed by atoms with Gasteiger partial charge in [-0.2, -0.15) is 5.10 Å². The fourth-order valence-corrected chi connectivity index (χ4v) is 2.29. The van der Waals surface area contributed by atoms with E-state index in [0.29, 0.717) is 4.77 Å². The Bertz CT molecular complexity index is 909. The lowest BCUT2D eigenvalue weighted by molar-refractivity contribution is 0.0697. The first-order valence-electron chi connectivity index (χ1n) is 6.88. The SMILES string of the molecule is O=C(O)c1ccc(/C=N\n2cc(-c3ccccc3)[nH]c2=S)cc1. The number of aromatic amines is 1. The van der Waals surface area contributed by atoms with Crippen molar-refractivity contribution in [3.05, 3.63) is 76.7 Å². The van der Waals surface area contributed by atoms with Crippen LogP contribution in [0.3, 0.4) is 0 Å². The molecule has 0 bridgehead atoms. The van der Waals surface area contributed by atoms with Crippen LogP contribution >= 0.6 is 12.2 Å². The van der Waals surface area contributed by atoms with E-state index in [9.17, 15) is 4.79 Å². The number of aromatic carboxylic acids is 1. The Morgan fingerprint density at radius 2 is 1.83 bits per heavy atom. The number of H-pyrrole nitrogens is 1. The average molecular weight is 323 g/mol. The van der Waals surface area contributed by atoms with Crippen LogP contribution in [0.15, 0.2) is 65.9 Å². The van der Waals surface area contributed by atoms with Crippen molar-refractivity contribution in [2.75, 3.05) is 0 Å². The van der Waals surface area contributed by atoms with Gasteiger partial charge in [-0.1, -0.05) is 42.5 Å². The summed E-state index contributed by atoms with van der Waals surface area (Å²) >= 11 is 5.26. The summed E-state index contributed by atoms with van der Waals surface area (Å²) in [6.07, 6.45) is 3.45. The highest BCUT2D eigenvalue weighted by Crippen LogP contribution is 2.16. The lowest BCUT2D eigenvalue weighted by Crippen LogP contribution is -1.96. The van der Waals surface area contributed by atoms with Crippen LogP contribution < -0.4 is 0 Å². The van der Waals surface area contributed by atoms with E-state index in [1.54, 1.807) is 23.0 Å². The van der Waals surface area contributed by atoms with Crippen molar-refractivity contribution >= 4 is 24.4 Å². The van der Waals surface area contributed by atoms with Crippen LogP contribution in [-0.4, -0.2) is 27.0 Å². The van der Waals surface area contributed by atoms with E-state index in [-0.39, 0.29) is 5.56 Å². The summed E-state index contributed by atoms with van der Waals surface area (Å²) in [4.78, 5) is 13.9. The van der Waals surface area contributed by atoms with Crippen LogP contribution in [0.25, 0.3) is 11.3 Å². The second-order valence-electron chi connectivity index (χ2n) is 4.86. The van der Waals surface area contributed by atoms with Crippen molar-refractivity contribution in [1.29, 1.82) is 0 Å². The summed E-state index contributed by atoms with van der Waals surface area (Å²) in [7, 11) is 0. The van der Waals surface area contributed by atoms with Crippen LogP contribution in [0.2, 0.25) is 0 Å². The van der Waals surface area contributed by atoms with Gasteiger partial charge in [0.1, 0.15) is 0 Å². The summed E-state index contributed by atoms with van der Waals surface area (Å²) < 4.78 is 2.06. The first-order valence-corrected chi connectivity index (χ1v) is 7.29. The van der Waals surface area contributed by atoms with Crippen LogP contribution in [0, 0.1) is 4.77 Å². The number of hydrogen-bond acceptors (Lipinski definition) is 3. The molecule has 0 fully saturated rings. The number of nitrogens with zero attached hydrogens (tertiary/aromatic N) is 2. The van der Waals surface area contributed by atoms with Crippen molar-refractivity contribution in [3.63, 3.8) is 0 Å². The summed E-state index contributed by atoms with van der Waals surface area (Å²) in [5.41, 5.74) is 2.94. The highest BCUT2D eigenvalue weighted by molar-refractivity contribution is 7.71. The van der Waals surface area contributed by atoms with Crippen molar-refractivity contribution in [1.82, 2.24) is 9.66 Å². The predicted octanol–water partition coefficient (Wildman–Crippen LogP) is 3.79. The number of benzene rings is 2. The van der Waals surface area contributed by atoms with E-state index >= 15 is 0 Å². The second kappa shape index (κ2) is 6.41. The lowest BCUT2D eigenvalue weighted by Gasteiger charge is -1.96. The number of hydrogen-bond donors (Lipinski definition) is 2. The standard InChI is InChI=1S/C17H13N3O2S/c21-16(22)14-8-6-12(7-9-14)10-18-20-11-15(19-17(20)23)13-4-2-1-3-5-13/h1-11H,(H,19,23)(H,21,22)/b18-10-. The van der Waals surface area contributed by atoms with E-state index in [1.165, 1.54) is 12.1 Å². The van der Waals surface area contributed by atoms with E-state index in [4.69, 9.17) is 17.3 Å². The van der Waals surface area contributed by atoms with Gasteiger partial charge < -0.3 is 10.1 Å². The molecule has 0 aliphatic rings. The molecule has 0 radical (unpaired) electrons. The Labute approximate surface area is 137 Å². The predicted molar refractivity (Wildman–Crippen MR) is 91.4 cm³/mol. The normalized spacial score (nSPS) is 11.0. The minimum atomic E-state index is -0.950. The number of carboxylic acid groups (broad SMARTS) is 1. The maximum atomic E-state index is 10.8. The van der Waals surface area contributed by atoms with Crippen molar-refractivity contribution < 1.29 is 9.90 Å². The first-order chi connectivity index (χ1) is 11.1. The summed E-state index contributed by atoms with van der Waals surface area (Å²) in [6, 6.07) is 16.3. The van der Waals surface area contributed by atoms with Gasteiger partial charge in [0.05, 0.1) is 23.7 Å². The number of imidazole rings is 1. The zero-order valence-electron chi connectivity index (χ0n) is 12.0. The first kappa shape index (κ1) is 14.9. The summed E-state index contributed by atoms with van der Waals surface area (Å²) in [5, 5.41) is 13.2. The van der Waals surface area contributed by atoms with E-state index in [0.717, 1.165) is 16.8 Å². The van der Waals surface area contributed by atoms with Crippen molar-refractivity contribution in [2.24, 2.45) is 5.10 Å². The molecule has 0 saturated carbocycles. The maximum absolute atomic E-state index is 10.8. The molecule has 1 aromatic heterocycles. The Morgan fingerprint density at radius 1 is 1.13 bits per heavy atom. The molecule has 2 N–H and O–H groups in total. The molecule has 3 rings (SSSR count). The molecule has 23 heavy (non-hydrogen) atoms. The topological polar surface area (TPSA) is 70.4 Å². The lowest BCUT2D eigenvalue weighted by atomic mass is 10.1. The molecule has 3 aromatic rings. The van der Waals surface area contributed by atoms with E-state index in [1.807, 2.05) is 36.5 Å². The van der Waals surface area contributed by atoms with Crippen LogP contribution in [-0.2, 0) is 0 Å². The van der Waals surface area contributed by atoms with Gasteiger partial charge in [0.2, 0.25) is 0 Å². The molecule has 0 aliphatic carbocycles. The molecular formula is C17H13N3O2S. The average Bonchev–Trinajstić information content (AvgIpc) is 2.95. The molecule has 5 nitrogen and oxygen atoms in total. The summed E-state index contributed by atoms with van der Waals surface area (Å²) in [6.45, 7) is 0. The van der Waals surface area contributed by atoms with Crippen molar-refractivity contribution in [3.8, 4) is 11.3 Å². The Kier molecular flexibility index (Phi) is 4.16. The fraction of sp³-hybridized carbons (Fsp3) is 0. The number of aromatic nitrogens is 2. The van der Waals surface area contributed by atoms with Gasteiger partial charge in [0.25, 0.3) is 0 Å². The van der Waals surface area contributed by atoms with Crippen molar-refractivity contribution in [2.45, 2.75) is 0 Å². The van der Waals surface area contributed by atoms with Crippen LogP contribution in [0.1, 0.15) is 15.9 Å². The van der Waals surface area contributed by atoms with Gasteiger partial charge in [-0.15, -0.1) is 0 Å². The molecule has 0 aliphatic heterocycles. The third-order valence-corrected chi connectivity index (χ3v) is 3.56. The Morgan fingerprint density at radius 3 is 2.48 bits per heavy atom. The monoisotopic (exact) mass is 323 g/mol. The Balaban J connectivity index is 1.84. The zero-order valence-corrected chi connectivity index (χ0v) is 12.8.